The minimum Gasteiger partial charge on any atom is -0.494 e. The van der Waals surface area contributed by atoms with E-state index in [-0.39, 0.29) is 11.3 Å². The van der Waals surface area contributed by atoms with Crippen LogP contribution in [0.4, 0.5) is 17.1 Å². The first-order valence-corrected chi connectivity index (χ1v) is 11.2. The van der Waals surface area contributed by atoms with Crippen molar-refractivity contribution in [2.75, 3.05) is 36.0 Å². The summed E-state index contributed by atoms with van der Waals surface area (Å²) in [5.41, 5.74) is 1.99. The Balaban J connectivity index is 1.53. The van der Waals surface area contributed by atoms with E-state index in [0.717, 1.165) is 46.7 Å². The third-order valence-electron chi connectivity index (χ3n) is 6.35. The second-order valence-corrected chi connectivity index (χ2v) is 8.48. The number of rotatable bonds is 4. The van der Waals surface area contributed by atoms with Gasteiger partial charge in [0.15, 0.2) is 0 Å². The number of imidazole rings is 1. The van der Waals surface area contributed by atoms with Crippen LogP contribution in [-0.4, -0.2) is 56.6 Å². The summed E-state index contributed by atoms with van der Waals surface area (Å²) >= 11 is 0. The van der Waals surface area contributed by atoms with E-state index >= 15 is 0 Å². The molecule has 1 aliphatic rings. The van der Waals surface area contributed by atoms with E-state index in [0.29, 0.717) is 16.7 Å². The van der Waals surface area contributed by atoms with Gasteiger partial charge in [-0.25, -0.2) is 9.59 Å². The highest BCUT2D eigenvalue weighted by Crippen LogP contribution is 2.33. The minimum absolute atomic E-state index is 0.0999. The molecular formula is C24H25N7O4. The van der Waals surface area contributed by atoms with Crippen molar-refractivity contribution < 1.29 is 5.11 Å². The highest BCUT2D eigenvalue weighted by atomic mass is 16.3. The standard InChI is InChI=1S/C24H25N7O4/c1-28-21(32)16(22(33)29(2)24(28)35)14-25-19-12-17-18(27-23(34)26-17)13-20(19)31-10-8-30(9-11-31)15-6-4-3-5-7-15/h3-7,12-14,32H,8-11H2,1-2H3,(H2,26,27,34). The highest BCUT2D eigenvalue weighted by molar-refractivity contribution is 5.91. The van der Waals surface area contributed by atoms with Crippen molar-refractivity contribution in [2.24, 2.45) is 19.1 Å². The lowest BCUT2D eigenvalue weighted by Gasteiger charge is -2.37. The van der Waals surface area contributed by atoms with Crippen LogP contribution < -0.4 is 26.7 Å². The van der Waals surface area contributed by atoms with Gasteiger partial charge in [-0.15, -0.1) is 0 Å². The zero-order valence-electron chi connectivity index (χ0n) is 19.4. The number of nitrogens with zero attached hydrogens (tertiary/aromatic N) is 5. The maximum absolute atomic E-state index is 12.6. The van der Waals surface area contributed by atoms with Gasteiger partial charge in [-0.3, -0.25) is 18.9 Å². The monoisotopic (exact) mass is 475 g/mol. The molecule has 2 aromatic heterocycles. The summed E-state index contributed by atoms with van der Waals surface area (Å²) in [7, 11) is 2.72. The van der Waals surface area contributed by atoms with Crippen LogP contribution in [-0.2, 0) is 14.1 Å². The highest BCUT2D eigenvalue weighted by Gasteiger charge is 2.21. The quantitative estimate of drug-likeness (QED) is 0.378. The van der Waals surface area contributed by atoms with Crippen molar-refractivity contribution >= 4 is 34.3 Å². The molecule has 0 amide bonds. The maximum atomic E-state index is 12.6. The molecule has 5 rings (SSSR count). The largest absolute Gasteiger partial charge is 0.494 e. The van der Waals surface area contributed by atoms with Gasteiger partial charge in [0.25, 0.3) is 5.56 Å². The normalized spacial score (nSPS) is 14.3. The lowest BCUT2D eigenvalue weighted by atomic mass is 10.1. The molecule has 35 heavy (non-hydrogen) atoms. The van der Waals surface area contributed by atoms with Crippen LogP contribution in [0, 0.1) is 0 Å². The van der Waals surface area contributed by atoms with Crippen molar-refractivity contribution in [1.29, 1.82) is 0 Å². The van der Waals surface area contributed by atoms with Gasteiger partial charge in [0.05, 0.1) is 22.4 Å². The fraction of sp³-hybridized carbons (Fsp3) is 0.250. The number of aromatic hydroxyl groups is 1. The Bertz CT molecular complexity index is 1600. The van der Waals surface area contributed by atoms with Gasteiger partial charge in [0.1, 0.15) is 5.56 Å². The lowest BCUT2D eigenvalue weighted by molar-refractivity contribution is 0.410. The molecule has 0 saturated carbocycles. The molecule has 4 aromatic rings. The number of fused-ring (bicyclic) bond motifs is 1. The predicted octanol–water partition coefficient (Wildman–Crippen LogP) is 1.04. The average Bonchev–Trinajstić information content (AvgIpc) is 3.25. The number of hydrogen-bond donors (Lipinski definition) is 3. The van der Waals surface area contributed by atoms with Crippen molar-refractivity contribution in [2.45, 2.75) is 0 Å². The summed E-state index contributed by atoms with van der Waals surface area (Å²) in [6.07, 6.45) is 1.26. The second kappa shape index (κ2) is 8.67. The fourth-order valence-corrected chi connectivity index (χ4v) is 4.37. The number of anilines is 2. The Labute approximate surface area is 199 Å². The number of para-hydroxylation sites is 1. The van der Waals surface area contributed by atoms with Crippen LogP contribution in [0.3, 0.4) is 0 Å². The molecule has 0 aliphatic carbocycles. The number of piperazine rings is 1. The van der Waals surface area contributed by atoms with Gasteiger partial charge in [0.2, 0.25) is 5.88 Å². The van der Waals surface area contributed by atoms with Crippen LogP contribution in [0.5, 0.6) is 5.88 Å². The first-order valence-electron chi connectivity index (χ1n) is 11.2. The Morgan fingerprint density at radius 2 is 1.51 bits per heavy atom. The molecule has 0 atom stereocenters. The van der Waals surface area contributed by atoms with Crippen LogP contribution in [0.2, 0.25) is 0 Å². The van der Waals surface area contributed by atoms with Gasteiger partial charge >= 0.3 is 11.4 Å². The zero-order valence-corrected chi connectivity index (χ0v) is 19.4. The van der Waals surface area contributed by atoms with Crippen molar-refractivity contribution in [3.8, 4) is 5.88 Å². The fourth-order valence-electron chi connectivity index (χ4n) is 4.37. The van der Waals surface area contributed by atoms with Crippen LogP contribution in [0.1, 0.15) is 5.56 Å². The Morgan fingerprint density at radius 1 is 0.886 bits per heavy atom. The Hall–Kier alpha value is -4.54. The first-order chi connectivity index (χ1) is 16.8. The van der Waals surface area contributed by atoms with E-state index in [1.54, 1.807) is 6.07 Å². The number of nitrogens with one attached hydrogen (secondary N) is 2. The smallest absolute Gasteiger partial charge is 0.333 e. The number of hydrogen-bond acceptors (Lipinski definition) is 7. The number of aromatic amines is 2. The van der Waals surface area contributed by atoms with Crippen LogP contribution in [0.15, 0.2) is 61.8 Å². The van der Waals surface area contributed by atoms with E-state index in [2.05, 4.69) is 36.9 Å². The molecule has 11 nitrogen and oxygen atoms in total. The molecule has 3 N–H and O–H groups in total. The van der Waals surface area contributed by atoms with Crippen LogP contribution in [0.25, 0.3) is 11.0 Å². The molecule has 0 radical (unpaired) electrons. The molecule has 1 saturated heterocycles. The third kappa shape index (κ3) is 4.01. The topological polar surface area (TPSA) is 132 Å². The van der Waals surface area contributed by atoms with Gasteiger partial charge < -0.3 is 24.9 Å². The van der Waals surface area contributed by atoms with Gasteiger partial charge in [-0.1, -0.05) is 18.2 Å². The van der Waals surface area contributed by atoms with E-state index in [4.69, 9.17) is 0 Å². The molecule has 180 valence electrons. The van der Waals surface area contributed by atoms with Gasteiger partial charge in [-0.05, 0) is 24.3 Å². The van der Waals surface area contributed by atoms with E-state index in [1.165, 1.54) is 20.3 Å². The second-order valence-electron chi connectivity index (χ2n) is 8.48. The minimum atomic E-state index is -0.650. The maximum Gasteiger partial charge on any atom is 0.333 e. The summed E-state index contributed by atoms with van der Waals surface area (Å²) in [5.74, 6) is -0.462. The molecule has 0 spiro atoms. The molecule has 1 aliphatic heterocycles. The van der Waals surface area contributed by atoms with Crippen molar-refractivity contribution in [3.05, 3.63) is 79.4 Å². The number of aromatic nitrogens is 4. The molecular weight excluding hydrogens is 450 g/mol. The Kier molecular flexibility index (Phi) is 5.51. The molecule has 3 heterocycles. The molecule has 0 unspecified atom stereocenters. The van der Waals surface area contributed by atoms with Gasteiger partial charge in [0, 0.05) is 52.2 Å². The van der Waals surface area contributed by atoms with E-state index in [1.807, 2.05) is 24.3 Å². The molecule has 11 heteroatoms. The predicted molar refractivity (Wildman–Crippen MR) is 136 cm³/mol. The molecule has 1 fully saturated rings. The third-order valence-corrected chi connectivity index (χ3v) is 6.35. The van der Waals surface area contributed by atoms with Crippen molar-refractivity contribution in [1.82, 2.24) is 19.1 Å². The summed E-state index contributed by atoms with van der Waals surface area (Å²) in [6.45, 7) is 3.06. The number of aliphatic imine (C=N–C) groups is 1. The summed E-state index contributed by atoms with van der Waals surface area (Å²) < 4.78 is 1.90. The van der Waals surface area contributed by atoms with Gasteiger partial charge in [-0.2, -0.15) is 0 Å². The van der Waals surface area contributed by atoms with Crippen LogP contribution >= 0.6 is 0 Å². The Morgan fingerprint density at radius 3 is 2.20 bits per heavy atom. The molecule has 0 bridgehead atoms. The van der Waals surface area contributed by atoms with E-state index in [9.17, 15) is 19.5 Å². The average molecular weight is 476 g/mol. The summed E-state index contributed by atoms with van der Waals surface area (Å²) in [4.78, 5) is 51.0. The molecule has 2 aromatic carbocycles. The SMILES string of the molecule is Cn1c(O)c(C=Nc2cc3[nH]c(=O)[nH]c3cc2N2CCN(c3ccccc3)CC2)c(=O)n(C)c1=O. The number of benzene rings is 2. The van der Waals surface area contributed by atoms with E-state index < -0.39 is 17.1 Å². The lowest BCUT2D eigenvalue weighted by Crippen LogP contribution is -2.46. The zero-order chi connectivity index (χ0) is 24.7. The summed E-state index contributed by atoms with van der Waals surface area (Å²) in [5, 5.41) is 10.4. The van der Waals surface area contributed by atoms with Crippen molar-refractivity contribution in [3.63, 3.8) is 0 Å². The first kappa shape index (κ1) is 22.3. The summed E-state index contributed by atoms with van der Waals surface area (Å²) in [6, 6.07) is 13.8. The number of H-pyrrole nitrogens is 2.